The number of halogens is 1. The van der Waals surface area contributed by atoms with Crippen LogP contribution in [-0.2, 0) is 0 Å². The summed E-state index contributed by atoms with van der Waals surface area (Å²) in [5.41, 5.74) is 0.927. The normalized spacial score (nSPS) is 14.3. The molecule has 0 unspecified atom stereocenters. The topological polar surface area (TPSA) is 9.23 Å². The van der Waals surface area contributed by atoms with Gasteiger partial charge in [0.05, 0.1) is 6.10 Å². The fraction of sp³-hybridized carbons (Fsp3) is 0.500. The zero-order valence-electron chi connectivity index (χ0n) is 9.01. The maximum absolute atomic E-state index is 13.1. The van der Waals surface area contributed by atoms with Gasteiger partial charge in [-0.15, -0.1) is 0 Å². The van der Waals surface area contributed by atoms with E-state index in [1.165, 1.54) is 6.07 Å². The quantitative estimate of drug-likeness (QED) is 0.700. The van der Waals surface area contributed by atoms with Crippen molar-refractivity contribution in [3.63, 3.8) is 0 Å². The highest BCUT2D eigenvalue weighted by Gasteiger charge is 2.24. The second-order valence-corrected chi connectivity index (χ2v) is 3.25. The van der Waals surface area contributed by atoms with Gasteiger partial charge in [0.2, 0.25) is 0 Å². The average molecular weight is 196 g/mol. The Morgan fingerprint density at radius 3 is 2.43 bits per heavy atom. The lowest BCUT2D eigenvalue weighted by atomic mass is 10.2. The van der Waals surface area contributed by atoms with Crippen LogP contribution in [0.25, 0.3) is 0 Å². The molecule has 14 heavy (non-hydrogen) atoms. The molecule has 1 aromatic carbocycles. The number of ether oxygens (including phenoxy) is 1. The van der Waals surface area contributed by atoms with Crippen molar-refractivity contribution in [1.29, 1.82) is 0 Å². The van der Waals surface area contributed by atoms with Crippen LogP contribution in [0.15, 0.2) is 18.2 Å². The number of hydrogen-bond donors (Lipinski definition) is 0. The largest absolute Gasteiger partial charge is 0.487 e. The third-order valence-electron chi connectivity index (χ3n) is 1.91. The Morgan fingerprint density at radius 1 is 1.29 bits per heavy atom. The van der Waals surface area contributed by atoms with E-state index < -0.39 is 0 Å². The van der Waals surface area contributed by atoms with Gasteiger partial charge in [-0.3, -0.25) is 0 Å². The molecule has 2 heteroatoms. The second kappa shape index (κ2) is 4.99. The summed E-state index contributed by atoms with van der Waals surface area (Å²) in [6.07, 6.45) is 2.39. The minimum atomic E-state index is -0.248. The summed E-state index contributed by atoms with van der Waals surface area (Å²) in [5, 5.41) is 0. The Labute approximate surface area is 84.9 Å². The summed E-state index contributed by atoms with van der Waals surface area (Å²) in [6, 6.07) is 5.06. The summed E-state index contributed by atoms with van der Waals surface area (Å²) >= 11 is 0. The lowest BCUT2D eigenvalue weighted by molar-refractivity contribution is 0.287. The van der Waals surface area contributed by atoms with E-state index in [-0.39, 0.29) is 11.9 Å². The van der Waals surface area contributed by atoms with Gasteiger partial charge in [0.15, 0.2) is 11.6 Å². The lowest BCUT2D eigenvalue weighted by Crippen LogP contribution is -1.98. The second-order valence-electron chi connectivity index (χ2n) is 3.25. The van der Waals surface area contributed by atoms with Crippen LogP contribution in [0.3, 0.4) is 0 Å². The Hall–Kier alpha value is -1.05. The first-order valence-corrected chi connectivity index (χ1v) is 5.18. The van der Waals surface area contributed by atoms with E-state index in [4.69, 9.17) is 4.74 Å². The minimum absolute atomic E-state index is 0.248. The summed E-state index contributed by atoms with van der Waals surface area (Å²) in [7, 11) is 0. The predicted molar refractivity (Wildman–Crippen MR) is 56.1 cm³/mol. The highest BCUT2D eigenvalue weighted by atomic mass is 19.1. The third kappa shape index (κ3) is 3.02. The predicted octanol–water partition coefficient (Wildman–Crippen LogP) is 3.70. The van der Waals surface area contributed by atoms with E-state index in [1.54, 1.807) is 6.07 Å². The van der Waals surface area contributed by atoms with Crippen LogP contribution in [0.4, 0.5) is 4.39 Å². The maximum Gasteiger partial charge on any atom is 0.165 e. The van der Waals surface area contributed by atoms with Crippen molar-refractivity contribution in [2.75, 3.05) is 0 Å². The van der Waals surface area contributed by atoms with E-state index in [2.05, 4.69) is 0 Å². The Kier molecular flexibility index (Phi) is 3.93. The number of benzene rings is 1. The summed E-state index contributed by atoms with van der Waals surface area (Å²) in [4.78, 5) is 0. The minimum Gasteiger partial charge on any atom is -0.487 e. The lowest BCUT2D eigenvalue weighted by Gasteiger charge is -2.05. The molecule has 1 aliphatic carbocycles. The number of aryl methyl sites for hydroxylation is 1. The average Bonchev–Trinajstić information content (AvgIpc) is 2.97. The van der Waals surface area contributed by atoms with Gasteiger partial charge in [0, 0.05) is 0 Å². The molecule has 0 spiro atoms. The monoisotopic (exact) mass is 196 g/mol. The molecule has 0 N–H and O–H groups in total. The highest BCUT2D eigenvalue weighted by molar-refractivity contribution is 5.29. The highest BCUT2D eigenvalue weighted by Crippen LogP contribution is 2.28. The molecule has 0 heterocycles. The van der Waals surface area contributed by atoms with Crippen molar-refractivity contribution in [2.45, 2.75) is 39.7 Å². The van der Waals surface area contributed by atoms with E-state index in [1.807, 2.05) is 26.8 Å². The molecule has 78 valence electrons. The summed E-state index contributed by atoms with van der Waals surface area (Å²) < 4.78 is 18.4. The standard InChI is InChI=1S/C10H11FO.C2H6/c1-7-2-5-10(9(11)6-7)12-8-3-4-8;1-2/h2,5-6,8H,3-4H2,1H3;1-2H3. The molecule has 0 aliphatic heterocycles. The van der Waals surface area contributed by atoms with Gasteiger partial charge in [-0.1, -0.05) is 19.9 Å². The van der Waals surface area contributed by atoms with Crippen molar-refractivity contribution in [1.82, 2.24) is 0 Å². The fourth-order valence-corrected chi connectivity index (χ4v) is 1.07. The number of rotatable bonds is 2. The van der Waals surface area contributed by atoms with Crippen LogP contribution in [0, 0.1) is 12.7 Å². The molecule has 0 bridgehead atoms. The number of hydrogen-bond acceptors (Lipinski definition) is 1. The van der Waals surface area contributed by atoms with Crippen LogP contribution in [0.5, 0.6) is 5.75 Å². The third-order valence-corrected chi connectivity index (χ3v) is 1.91. The van der Waals surface area contributed by atoms with Gasteiger partial charge in [-0.2, -0.15) is 0 Å². The summed E-state index contributed by atoms with van der Waals surface area (Å²) in [5.74, 6) is 0.144. The van der Waals surface area contributed by atoms with Gasteiger partial charge in [0.1, 0.15) is 0 Å². The van der Waals surface area contributed by atoms with Crippen LogP contribution in [-0.4, -0.2) is 6.10 Å². The van der Waals surface area contributed by atoms with Crippen molar-refractivity contribution < 1.29 is 9.13 Å². The van der Waals surface area contributed by atoms with Crippen molar-refractivity contribution in [3.8, 4) is 5.75 Å². The smallest absolute Gasteiger partial charge is 0.165 e. The van der Waals surface area contributed by atoms with Gasteiger partial charge >= 0.3 is 0 Å². The molecule has 1 aliphatic rings. The van der Waals surface area contributed by atoms with Gasteiger partial charge < -0.3 is 4.74 Å². The van der Waals surface area contributed by atoms with Crippen molar-refractivity contribution >= 4 is 0 Å². The van der Waals surface area contributed by atoms with E-state index in [9.17, 15) is 4.39 Å². The molecule has 0 atom stereocenters. The van der Waals surface area contributed by atoms with Crippen molar-refractivity contribution in [3.05, 3.63) is 29.6 Å². The fourth-order valence-electron chi connectivity index (χ4n) is 1.07. The van der Waals surface area contributed by atoms with E-state index in [0.29, 0.717) is 5.75 Å². The Balaban J connectivity index is 0.000000461. The zero-order valence-corrected chi connectivity index (χ0v) is 9.01. The molecular formula is C12H17FO. The van der Waals surface area contributed by atoms with Crippen LogP contribution < -0.4 is 4.74 Å². The van der Waals surface area contributed by atoms with Crippen LogP contribution in [0.2, 0.25) is 0 Å². The Morgan fingerprint density at radius 2 is 1.93 bits per heavy atom. The summed E-state index contributed by atoms with van der Waals surface area (Å²) in [6.45, 7) is 5.87. The first kappa shape index (κ1) is 11.0. The SMILES string of the molecule is CC.Cc1ccc(OC2CC2)c(F)c1. The van der Waals surface area contributed by atoms with Crippen LogP contribution >= 0.6 is 0 Å². The molecule has 0 radical (unpaired) electrons. The molecule has 0 aromatic heterocycles. The molecule has 2 rings (SSSR count). The Bertz CT molecular complexity index is 292. The van der Waals surface area contributed by atoms with Gasteiger partial charge in [0.25, 0.3) is 0 Å². The van der Waals surface area contributed by atoms with E-state index >= 15 is 0 Å². The maximum atomic E-state index is 13.1. The molecular weight excluding hydrogens is 179 g/mol. The van der Waals surface area contributed by atoms with E-state index in [0.717, 1.165) is 18.4 Å². The molecule has 1 fully saturated rings. The molecule has 1 nitrogen and oxygen atoms in total. The van der Waals surface area contributed by atoms with Gasteiger partial charge in [-0.25, -0.2) is 4.39 Å². The zero-order chi connectivity index (χ0) is 10.6. The molecule has 0 amide bonds. The molecule has 1 aromatic rings. The molecule has 1 saturated carbocycles. The first-order chi connectivity index (χ1) is 6.75. The molecule has 0 saturated heterocycles. The van der Waals surface area contributed by atoms with Crippen molar-refractivity contribution in [2.24, 2.45) is 0 Å². The first-order valence-electron chi connectivity index (χ1n) is 5.18. The van der Waals surface area contributed by atoms with Crippen LogP contribution in [0.1, 0.15) is 32.3 Å². The van der Waals surface area contributed by atoms with Gasteiger partial charge in [-0.05, 0) is 37.5 Å².